The van der Waals surface area contributed by atoms with Gasteiger partial charge in [0.15, 0.2) is 0 Å². The quantitative estimate of drug-likeness (QED) is 0.322. The second kappa shape index (κ2) is 15.0. The van der Waals surface area contributed by atoms with Crippen LogP contribution in [0.1, 0.15) is 82.1 Å². The van der Waals surface area contributed by atoms with Gasteiger partial charge >= 0.3 is 6.03 Å². The Kier molecular flexibility index (Phi) is 12.1. The second-order valence-corrected chi connectivity index (χ2v) is 10.9. The minimum Gasteiger partial charge on any atom is -0.385 e. The number of likely N-dealkylation sites (N-methyl/N-ethyl adjacent to an activating group) is 1. The van der Waals surface area contributed by atoms with Crippen LogP contribution in [0.2, 0.25) is 5.02 Å². The molecule has 0 aromatic heterocycles. The first-order chi connectivity index (χ1) is 17.0. The molecule has 0 radical (unpaired) electrons. The van der Waals surface area contributed by atoms with Gasteiger partial charge in [0.05, 0.1) is 5.02 Å². The molecule has 1 saturated carbocycles. The van der Waals surface area contributed by atoms with Crippen molar-refractivity contribution in [3.05, 3.63) is 34.6 Å². The van der Waals surface area contributed by atoms with Crippen molar-refractivity contribution in [2.45, 2.75) is 82.6 Å². The fourth-order valence-corrected chi connectivity index (χ4v) is 6.30. The van der Waals surface area contributed by atoms with Crippen LogP contribution in [0, 0.1) is 17.7 Å². The fourth-order valence-electron chi connectivity index (χ4n) is 6.12. The normalized spacial score (nSPS) is 21.0. The highest BCUT2D eigenvalue weighted by atomic mass is 35.5. The summed E-state index contributed by atoms with van der Waals surface area (Å²) >= 11 is 6.15. The standard InChI is InChI=1S/C28H45ClFN3O2/c1-31-19-23(18-21-10-4-3-5-11-21)32-28(34)33-16-9-12-22(20-33)24(13-6-7-17-35-2)25-14-8-15-26(29)27(25)30/h8,14-15,21-24,31H,3-7,9-13,16-20H2,1-2H3,(H,32,34)/t22-,23+,24?/m1/s1. The van der Waals surface area contributed by atoms with Crippen LogP contribution in [-0.2, 0) is 4.74 Å². The Hall–Kier alpha value is -1.37. The Morgan fingerprint density at radius 3 is 2.74 bits per heavy atom. The van der Waals surface area contributed by atoms with E-state index in [4.69, 9.17) is 16.3 Å². The van der Waals surface area contributed by atoms with E-state index in [2.05, 4.69) is 10.6 Å². The number of nitrogens with zero attached hydrogens (tertiary/aromatic N) is 1. The Balaban J connectivity index is 1.66. The molecule has 198 valence electrons. The van der Waals surface area contributed by atoms with Gasteiger partial charge in [-0.1, -0.05) is 62.3 Å². The number of piperidine rings is 1. The summed E-state index contributed by atoms with van der Waals surface area (Å²) in [4.78, 5) is 15.3. The number of nitrogens with one attached hydrogen (secondary N) is 2. The summed E-state index contributed by atoms with van der Waals surface area (Å²) < 4.78 is 20.3. The Morgan fingerprint density at radius 1 is 1.20 bits per heavy atom. The van der Waals surface area contributed by atoms with Crippen molar-refractivity contribution in [2.75, 3.05) is 40.4 Å². The third-order valence-corrected chi connectivity index (χ3v) is 8.22. The number of amides is 2. The van der Waals surface area contributed by atoms with E-state index in [9.17, 15) is 4.79 Å². The van der Waals surface area contributed by atoms with Crippen LogP contribution >= 0.6 is 11.6 Å². The van der Waals surface area contributed by atoms with Crippen LogP contribution < -0.4 is 10.6 Å². The first kappa shape index (κ1) is 28.2. The van der Waals surface area contributed by atoms with E-state index in [0.29, 0.717) is 24.6 Å². The molecule has 3 rings (SSSR count). The predicted molar refractivity (Wildman–Crippen MR) is 142 cm³/mol. The van der Waals surface area contributed by atoms with Crippen molar-refractivity contribution in [2.24, 2.45) is 11.8 Å². The molecule has 2 amide bonds. The topological polar surface area (TPSA) is 53.6 Å². The van der Waals surface area contributed by atoms with Crippen LogP contribution in [0.4, 0.5) is 9.18 Å². The molecule has 1 aromatic carbocycles. The maximum absolute atomic E-state index is 15.1. The van der Waals surface area contributed by atoms with Gasteiger partial charge in [0.25, 0.3) is 0 Å². The lowest BCUT2D eigenvalue weighted by molar-refractivity contribution is 0.146. The molecule has 2 aliphatic rings. The number of urea groups is 1. The van der Waals surface area contributed by atoms with Crippen LogP contribution in [-0.4, -0.2) is 57.4 Å². The average Bonchev–Trinajstić information content (AvgIpc) is 2.87. The maximum atomic E-state index is 15.1. The van der Waals surface area contributed by atoms with Crippen LogP contribution in [0.3, 0.4) is 0 Å². The lowest BCUT2D eigenvalue weighted by Gasteiger charge is -2.38. The predicted octanol–water partition coefficient (Wildman–Crippen LogP) is 6.36. The lowest BCUT2D eigenvalue weighted by Crippen LogP contribution is -2.51. The molecule has 35 heavy (non-hydrogen) atoms. The number of carbonyl (C=O) groups is 1. The molecular formula is C28H45ClFN3O2. The molecule has 1 aromatic rings. The summed E-state index contributed by atoms with van der Waals surface area (Å²) in [6, 6.07) is 5.48. The number of ether oxygens (including phenoxy) is 1. The van der Waals surface area contributed by atoms with Crippen molar-refractivity contribution < 1.29 is 13.9 Å². The summed E-state index contributed by atoms with van der Waals surface area (Å²) in [5, 5.41) is 6.76. The first-order valence-corrected chi connectivity index (χ1v) is 14.0. The maximum Gasteiger partial charge on any atom is 0.317 e. The molecule has 2 fully saturated rings. The molecule has 0 bridgehead atoms. The average molecular weight is 510 g/mol. The molecular weight excluding hydrogens is 465 g/mol. The van der Waals surface area contributed by atoms with Gasteiger partial charge in [-0.15, -0.1) is 0 Å². The molecule has 2 N–H and O–H groups in total. The minimum absolute atomic E-state index is 0.0236. The third-order valence-electron chi connectivity index (χ3n) is 7.93. The summed E-state index contributed by atoms with van der Waals surface area (Å²) in [7, 11) is 3.66. The van der Waals surface area contributed by atoms with E-state index in [1.807, 2.05) is 24.1 Å². The van der Waals surface area contributed by atoms with Crippen molar-refractivity contribution in [1.29, 1.82) is 0 Å². The van der Waals surface area contributed by atoms with Crippen molar-refractivity contribution in [3.63, 3.8) is 0 Å². The molecule has 1 saturated heterocycles. The number of halogens is 2. The molecule has 7 heteroatoms. The number of unbranched alkanes of at least 4 members (excludes halogenated alkanes) is 1. The highest BCUT2D eigenvalue weighted by Crippen LogP contribution is 2.38. The van der Waals surface area contributed by atoms with Gasteiger partial charge in [-0.3, -0.25) is 0 Å². The lowest BCUT2D eigenvalue weighted by atomic mass is 9.78. The number of methoxy groups -OCH3 is 1. The van der Waals surface area contributed by atoms with Crippen LogP contribution in [0.15, 0.2) is 18.2 Å². The number of hydrogen-bond acceptors (Lipinski definition) is 3. The molecule has 3 atom stereocenters. The molecule has 0 spiro atoms. The molecule has 1 heterocycles. The number of rotatable bonds is 12. The van der Waals surface area contributed by atoms with E-state index in [0.717, 1.165) is 51.6 Å². The van der Waals surface area contributed by atoms with Gasteiger partial charge in [-0.25, -0.2) is 9.18 Å². The SMILES string of the molecule is CNC[C@H](CC1CCCCC1)NC(=O)N1CCC[C@@H](C(CCCCOC)c2cccc(Cl)c2F)C1. The van der Waals surface area contributed by atoms with Gasteiger partial charge in [-0.05, 0) is 68.5 Å². The van der Waals surface area contributed by atoms with E-state index < -0.39 is 0 Å². The summed E-state index contributed by atoms with van der Waals surface area (Å²) in [5.41, 5.74) is 0.688. The van der Waals surface area contributed by atoms with Gasteiger partial charge in [0.1, 0.15) is 5.82 Å². The molecule has 5 nitrogen and oxygen atoms in total. The van der Waals surface area contributed by atoms with Gasteiger partial charge < -0.3 is 20.3 Å². The largest absolute Gasteiger partial charge is 0.385 e. The number of likely N-dealkylation sites (tertiary alicyclic amines) is 1. The first-order valence-electron chi connectivity index (χ1n) is 13.7. The highest BCUT2D eigenvalue weighted by molar-refractivity contribution is 6.30. The zero-order chi connectivity index (χ0) is 25.0. The summed E-state index contributed by atoms with van der Waals surface area (Å²) in [6.45, 7) is 2.90. The molecule has 1 aliphatic heterocycles. The van der Waals surface area contributed by atoms with E-state index in [1.165, 1.54) is 32.1 Å². The van der Waals surface area contributed by atoms with Crippen molar-refractivity contribution >= 4 is 17.6 Å². The van der Waals surface area contributed by atoms with Crippen molar-refractivity contribution in [1.82, 2.24) is 15.5 Å². The molecule has 1 unspecified atom stereocenters. The molecule has 1 aliphatic carbocycles. The number of carbonyl (C=O) groups excluding carboxylic acids is 1. The number of benzene rings is 1. The summed E-state index contributed by atoms with van der Waals surface area (Å²) in [5.74, 6) is 0.649. The van der Waals surface area contributed by atoms with E-state index in [-0.39, 0.29) is 34.7 Å². The zero-order valence-corrected chi connectivity index (χ0v) is 22.4. The van der Waals surface area contributed by atoms with Gasteiger partial charge in [-0.2, -0.15) is 0 Å². The van der Waals surface area contributed by atoms with Gasteiger partial charge in [0, 0.05) is 39.4 Å². The highest BCUT2D eigenvalue weighted by Gasteiger charge is 2.32. The Morgan fingerprint density at radius 2 is 2.00 bits per heavy atom. The van der Waals surface area contributed by atoms with Crippen LogP contribution in [0.5, 0.6) is 0 Å². The van der Waals surface area contributed by atoms with E-state index >= 15 is 4.39 Å². The van der Waals surface area contributed by atoms with Crippen LogP contribution in [0.25, 0.3) is 0 Å². The fraction of sp³-hybridized carbons (Fsp3) is 0.750. The third kappa shape index (κ3) is 8.61. The smallest absolute Gasteiger partial charge is 0.317 e. The Labute approximate surface area is 216 Å². The monoisotopic (exact) mass is 509 g/mol. The van der Waals surface area contributed by atoms with Crippen molar-refractivity contribution in [3.8, 4) is 0 Å². The second-order valence-electron chi connectivity index (χ2n) is 10.5. The van der Waals surface area contributed by atoms with Gasteiger partial charge in [0.2, 0.25) is 0 Å². The number of hydrogen-bond donors (Lipinski definition) is 2. The van der Waals surface area contributed by atoms with E-state index in [1.54, 1.807) is 13.2 Å². The Bertz CT molecular complexity index is 775. The zero-order valence-electron chi connectivity index (χ0n) is 21.7. The summed E-state index contributed by atoms with van der Waals surface area (Å²) in [6.07, 6.45) is 12.3. The minimum atomic E-state index is -0.311.